The van der Waals surface area contributed by atoms with Gasteiger partial charge in [-0.3, -0.25) is 0 Å². The van der Waals surface area contributed by atoms with Crippen molar-refractivity contribution in [3.8, 4) is 0 Å². The molecule has 3 rings (SSSR count). The van der Waals surface area contributed by atoms with Crippen LogP contribution in [-0.4, -0.2) is 43.8 Å². The van der Waals surface area contributed by atoms with Gasteiger partial charge in [-0.25, -0.2) is 14.4 Å². The second kappa shape index (κ2) is 9.93. The van der Waals surface area contributed by atoms with Crippen LogP contribution in [0.4, 0.5) is 10.1 Å². The van der Waals surface area contributed by atoms with Crippen molar-refractivity contribution in [2.75, 3.05) is 37.7 Å². The predicted molar refractivity (Wildman–Crippen MR) is 116 cm³/mol. The van der Waals surface area contributed by atoms with Crippen LogP contribution in [0.15, 0.2) is 33.8 Å². The third kappa shape index (κ3) is 5.95. The van der Waals surface area contributed by atoms with Crippen molar-refractivity contribution in [1.82, 2.24) is 15.6 Å². The molecule has 1 aromatic heterocycles. The van der Waals surface area contributed by atoms with Gasteiger partial charge in [0.15, 0.2) is 5.96 Å². The number of hydrogen-bond acceptors (Lipinski definition) is 5. The van der Waals surface area contributed by atoms with E-state index < -0.39 is 0 Å². The number of anilines is 1. The van der Waals surface area contributed by atoms with Gasteiger partial charge < -0.3 is 24.7 Å². The number of hydrogen-bond donors (Lipinski definition) is 2. The van der Waals surface area contributed by atoms with Crippen LogP contribution in [0.2, 0.25) is 0 Å². The Hall–Kier alpha value is -2.61. The second-order valence-corrected chi connectivity index (χ2v) is 8.30. The van der Waals surface area contributed by atoms with Gasteiger partial charge in [-0.1, -0.05) is 26.8 Å². The molecule has 7 nitrogen and oxygen atoms in total. The SMILES string of the molecule is CCNC(=NCc1ccc(N2CCOCC2)c(F)c1)NCc1ncc(C(C)(C)C)o1. The maximum Gasteiger partial charge on any atom is 0.213 e. The fraction of sp³-hybridized carbons (Fsp3) is 0.545. The number of oxazole rings is 1. The molecular formula is C22H32FN5O2. The highest BCUT2D eigenvalue weighted by Crippen LogP contribution is 2.23. The minimum absolute atomic E-state index is 0.0820. The topological polar surface area (TPSA) is 74.9 Å². The number of rotatable bonds is 6. The zero-order valence-corrected chi connectivity index (χ0v) is 18.3. The first-order valence-corrected chi connectivity index (χ1v) is 10.5. The number of nitrogens with one attached hydrogen (secondary N) is 2. The lowest BCUT2D eigenvalue weighted by molar-refractivity contribution is 0.122. The fourth-order valence-corrected chi connectivity index (χ4v) is 3.12. The molecule has 8 heteroatoms. The Bertz CT molecular complexity index is 853. The van der Waals surface area contributed by atoms with E-state index in [1.54, 1.807) is 12.3 Å². The average Bonchev–Trinajstić information content (AvgIpc) is 3.20. The molecule has 0 saturated carbocycles. The van der Waals surface area contributed by atoms with Gasteiger partial charge in [-0.05, 0) is 24.6 Å². The zero-order valence-electron chi connectivity index (χ0n) is 18.3. The van der Waals surface area contributed by atoms with E-state index in [1.807, 2.05) is 24.0 Å². The van der Waals surface area contributed by atoms with Crippen molar-refractivity contribution in [3.05, 3.63) is 47.4 Å². The minimum atomic E-state index is -0.225. The van der Waals surface area contributed by atoms with Gasteiger partial charge in [0, 0.05) is 25.0 Å². The number of guanidine groups is 1. The largest absolute Gasteiger partial charge is 0.443 e. The molecule has 1 aromatic carbocycles. The molecule has 30 heavy (non-hydrogen) atoms. The summed E-state index contributed by atoms with van der Waals surface area (Å²) < 4.78 is 25.7. The van der Waals surface area contributed by atoms with Gasteiger partial charge >= 0.3 is 0 Å². The molecule has 0 aliphatic carbocycles. The molecule has 1 saturated heterocycles. The number of morpholine rings is 1. The van der Waals surface area contributed by atoms with E-state index in [2.05, 4.69) is 41.4 Å². The van der Waals surface area contributed by atoms with Crippen LogP contribution < -0.4 is 15.5 Å². The van der Waals surface area contributed by atoms with Crippen molar-refractivity contribution in [2.24, 2.45) is 4.99 Å². The molecule has 0 amide bonds. The Balaban J connectivity index is 1.61. The molecule has 2 aromatic rings. The highest BCUT2D eigenvalue weighted by atomic mass is 19.1. The molecule has 2 heterocycles. The van der Waals surface area contributed by atoms with E-state index in [9.17, 15) is 4.39 Å². The third-order valence-electron chi connectivity index (χ3n) is 4.83. The molecule has 164 valence electrons. The van der Waals surface area contributed by atoms with Crippen LogP contribution in [0.1, 0.15) is 44.9 Å². The molecule has 2 N–H and O–H groups in total. The highest BCUT2D eigenvalue weighted by molar-refractivity contribution is 5.79. The normalized spacial score (nSPS) is 15.4. The number of aliphatic imine (C=N–C) groups is 1. The van der Waals surface area contributed by atoms with Crippen LogP contribution in [0.5, 0.6) is 0 Å². The summed E-state index contributed by atoms with van der Waals surface area (Å²) in [4.78, 5) is 10.9. The first kappa shape index (κ1) is 22.1. The van der Waals surface area contributed by atoms with Crippen molar-refractivity contribution in [3.63, 3.8) is 0 Å². The first-order chi connectivity index (χ1) is 14.4. The Labute approximate surface area is 177 Å². The van der Waals surface area contributed by atoms with E-state index in [4.69, 9.17) is 9.15 Å². The van der Waals surface area contributed by atoms with E-state index >= 15 is 0 Å². The first-order valence-electron chi connectivity index (χ1n) is 10.5. The average molecular weight is 418 g/mol. The van der Waals surface area contributed by atoms with Crippen LogP contribution in [-0.2, 0) is 23.2 Å². The van der Waals surface area contributed by atoms with Gasteiger partial charge in [-0.2, -0.15) is 0 Å². The molecule has 0 unspecified atom stereocenters. The fourth-order valence-electron chi connectivity index (χ4n) is 3.12. The third-order valence-corrected chi connectivity index (χ3v) is 4.83. The van der Waals surface area contributed by atoms with Crippen LogP contribution >= 0.6 is 0 Å². The maximum absolute atomic E-state index is 14.6. The molecule has 0 bridgehead atoms. The lowest BCUT2D eigenvalue weighted by Gasteiger charge is -2.29. The van der Waals surface area contributed by atoms with Gasteiger partial charge in [0.05, 0.1) is 38.2 Å². The van der Waals surface area contributed by atoms with E-state index in [1.165, 1.54) is 0 Å². The molecule has 1 fully saturated rings. The monoisotopic (exact) mass is 417 g/mol. The number of aromatic nitrogens is 1. The molecule has 1 aliphatic heterocycles. The summed E-state index contributed by atoms with van der Waals surface area (Å²) in [6.07, 6.45) is 1.76. The highest BCUT2D eigenvalue weighted by Gasteiger charge is 2.19. The summed E-state index contributed by atoms with van der Waals surface area (Å²) in [7, 11) is 0. The second-order valence-electron chi connectivity index (χ2n) is 8.30. The summed E-state index contributed by atoms with van der Waals surface area (Å²) in [5.74, 6) is 1.85. The Morgan fingerprint density at radius 2 is 2.00 bits per heavy atom. The van der Waals surface area contributed by atoms with Crippen LogP contribution in [0.3, 0.4) is 0 Å². The Morgan fingerprint density at radius 1 is 1.23 bits per heavy atom. The Morgan fingerprint density at radius 3 is 2.63 bits per heavy atom. The quantitative estimate of drug-likeness (QED) is 0.555. The van der Waals surface area contributed by atoms with E-state index in [-0.39, 0.29) is 11.2 Å². The number of nitrogens with zero attached hydrogens (tertiary/aromatic N) is 3. The van der Waals surface area contributed by atoms with Crippen molar-refractivity contribution >= 4 is 11.6 Å². The lowest BCUT2D eigenvalue weighted by Crippen LogP contribution is -2.37. The smallest absolute Gasteiger partial charge is 0.213 e. The zero-order chi connectivity index (χ0) is 21.6. The Kier molecular flexibility index (Phi) is 7.31. The summed E-state index contributed by atoms with van der Waals surface area (Å²) >= 11 is 0. The van der Waals surface area contributed by atoms with Crippen LogP contribution in [0, 0.1) is 5.82 Å². The maximum atomic E-state index is 14.6. The standard InChI is InChI=1S/C22H32FN5O2/c1-5-24-21(27-15-20-25-14-19(30-20)22(2,3)4)26-13-16-6-7-18(17(23)12-16)28-8-10-29-11-9-28/h6-7,12,14H,5,8-11,13,15H2,1-4H3,(H2,24,26,27). The van der Waals surface area contributed by atoms with Gasteiger partial charge in [0.25, 0.3) is 0 Å². The summed E-state index contributed by atoms with van der Waals surface area (Å²) in [5, 5.41) is 6.41. The van der Waals surface area contributed by atoms with Crippen molar-refractivity contribution < 1.29 is 13.5 Å². The molecule has 0 spiro atoms. The molecule has 0 radical (unpaired) electrons. The number of ether oxygens (including phenoxy) is 1. The lowest BCUT2D eigenvalue weighted by atomic mass is 9.94. The predicted octanol–water partition coefficient (Wildman–Crippen LogP) is 3.20. The minimum Gasteiger partial charge on any atom is -0.443 e. The van der Waals surface area contributed by atoms with Gasteiger partial charge in [0.2, 0.25) is 5.89 Å². The van der Waals surface area contributed by atoms with Crippen molar-refractivity contribution in [2.45, 2.75) is 46.2 Å². The van der Waals surface area contributed by atoms with E-state index in [0.29, 0.717) is 56.9 Å². The van der Waals surface area contributed by atoms with Gasteiger partial charge in [-0.15, -0.1) is 0 Å². The van der Waals surface area contributed by atoms with Crippen molar-refractivity contribution in [1.29, 1.82) is 0 Å². The van der Waals surface area contributed by atoms with Gasteiger partial charge in [0.1, 0.15) is 11.6 Å². The van der Waals surface area contributed by atoms with Crippen LogP contribution in [0.25, 0.3) is 0 Å². The number of halogens is 1. The molecular weight excluding hydrogens is 385 g/mol. The molecule has 0 atom stereocenters. The number of benzene rings is 1. The molecule has 1 aliphatic rings. The van der Waals surface area contributed by atoms with E-state index in [0.717, 1.165) is 17.9 Å². The summed E-state index contributed by atoms with van der Waals surface area (Å²) in [5.41, 5.74) is 1.35. The summed E-state index contributed by atoms with van der Waals surface area (Å²) in [6.45, 7) is 12.4. The summed E-state index contributed by atoms with van der Waals surface area (Å²) in [6, 6.07) is 5.30.